The molecule has 6 atom stereocenters. The number of methoxy groups -OCH3 is 1. The first-order chi connectivity index (χ1) is 27.6. The molecule has 0 spiro atoms. The van der Waals surface area contributed by atoms with E-state index in [-0.39, 0.29) is 47.4 Å². The number of nitrogens with one attached hydrogen (secondary N) is 1. The highest BCUT2D eigenvalue weighted by Gasteiger charge is 2.50. The monoisotopic (exact) mass is 810 g/mol. The number of amides is 3. The second-order valence-electron chi connectivity index (χ2n) is 14.3. The highest BCUT2D eigenvalue weighted by atomic mass is 16.7. The van der Waals surface area contributed by atoms with Crippen LogP contribution in [0.5, 0.6) is 17.2 Å². The van der Waals surface area contributed by atoms with Gasteiger partial charge in [0.2, 0.25) is 12.6 Å². The Morgan fingerprint density at radius 3 is 2.36 bits per heavy atom. The van der Waals surface area contributed by atoms with E-state index in [1.807, 2.05) is 0 Å². The molecule has 2 heterocycles. The van der Waals surface area contributed by atoms with Gasteiger partial charge in [0.05, 0.1) is 42.0 Å². The van der Waals surface area contributed by atoms with E-state index in [0.29, 0.717) is 19.3 Å². The molecule has 2 aliphatic carbocycles. The molecule has 2 aromatic rings. The van der Waals surface area contributed by atoms with Crippen molar-refractivity contribution in [1.29, 1.82) is 0 Å². The Bertz CT molecular complexity index is 2060. The van der Waals surface area contributed by atoms with Crippen LogP contribution in [0.2, 0.25) is 0 Å². The van der Waals surface area contributed by atoms with Crippen LogP contribution in [0.3, 0.4) is 0 Å². The normalized spacial score (nSPS) is 24.8. The number of nitrogens with zero attached hydrogens (tertiary/aromatic N) is 1. The number of fused-ring (bicyclic) bond motifs is 3. The Labute approximate surface area is 330 Å². The number of carbonyl (C=O) groups excluding carboxylic acids is 7. The van der Waals surface area contributed by atoms with Crippen molar-refractivity contribution >= 4 is 41.2 Å². The van der Waals surface area contributed by atoms with Gasteiger partial charge in [-0.25, -0.2) is 4.79 Å². The van der Waals surface area contributed by atoms with Crippen molar-refractivity contribution in [2.75, 3.05) is 27.1 Å². The molecule has 1 fully saturated rings. The molecule has 0 radical (unpaired) electrons. The largest absolute Gasteiger partial charge is 0.507 e. The van der Waals surface area contributed by atoms with Gasteiger partial charge in [0, 0.05) is 61.1 Å². The minimum absolute atomic E-state index is 0.0221. The predicted octanol–water partition coefficient (Wildman–Crippen LogP) is 0.755. The molecule has 58 heavy (non-hydrogen) atoms. The van der Waals surface area contributed by atoms with Crippen molar-refractivity contribution in [1.82, 2.24) is 10.2 Å². The first kappa shape index (κ1) is 41.9. The van der Waals surface area contributed by atoms with Crippen LogP contribution >= 0.6 is 0 Å². The molecule has 6 N–H and O–H groups in total. The summed E-state index contributed by atoms with van der Waals surface area (Å²) in [5.41, 5.74) is -4.34. The number of unbranched alkanes of at least 4 members (excludes halogenated alkanes) is 2. The zero-order valence-electron chi connectivity index (χ0n) is 31.4. The summed E-state index contributed by atoms with van der Waals surface area (Å²) in [6.45, 7) is -0.206. The summed E-state index contributed by atoms with van der Waals surface area (Å²) >= 11 is 0. The van der Waals surface area contributed by atoms with Crippen LogP contribution in [0, 0.1) is 0 Å². The molecule has 0 aromatic heterocycles. The van der Waals surface area contributed by atoms with E-state index in [9.17, 15) is 59.1 Å². The van der Waals surface area contributed by atoms with E-state index in [1.165, 1.54) is 44.4 Å². The number of aromatic hydroxyl groups is 2. The number of hydrogen-bond donors (Lipinski definition) is 6. The second kappa shape index (κ2) is 17.0. The van der Waals surface area contributed by atoms with Crippen molar-refractivity contribution in [3.8, 4) is 17.2 Å². The van der Waals surface area contributed by atoms with Gasteiger partial charge in [-0.1, -0.05) is 18.6 Å². The number of benzene rings is 2. The van der Waals surface area contributed by atoms with E-state index >= 15 is 0 Å². The van der Waals surface area contributed by atoms with Crippen LogP contribution < -0.4 is 10.1 Å². The molecule has 4 aliphatic rings. The van der Waals surface area contributed by atoms with Crippen LogP contribution in [-0.2, 0) is 44.5 Å². The number of phenolic OH excluding ortho intramolecular Hbond substituents is 2. The Balaban J connectivity index is 1.12. The third-order valence-corrected chi connectivity index (χ3v) is 10.6. The number of phenols is 2. The van der Waals surface area contributed by atoms with Crippen molar-refractivity contribution in [3.63, 3.8) is 0 Å². The van der Waals surface area contributed by atoms with Crippen LogP contribution in [0.15, 0.2) is 30.4 Å². The van der Waals surface area contributed by atoms with Gasteiger partial charge in [0.15, 0.2) is 17.9 Å². The molecule has 310 valence electrons. The number of imide groups is 1. The number of carbonyl (C=O) groups is 7. The van der Waals surface area contributed by atoms with E-state index in [4.69, 9.17) is 23.7 Å². The smallest absolute Gasteiger partial charge is 0.410 e. The summed E-state index contributed by atoms with van der Waals surface area (Å²) in [5, 5.41) is 57.8. The SMILES string of the molecule is COc1cccc2c1C(=O)c1c(O)c3c(c(O)c1C2=O)C[C@@](O)(C(=O)CO)C[C@@H]3O[C@H]1C[C@H](NC(=O)OCOC(=O)CCCCCN2C(=O)C=CC2=O)[C@H](O)[C@H](C)O1. The molecular weight excluding hydrogens is 768 g/mol. The molecule has 0 unspecified atom stereocenters. The second-order valence-corrected chi connectivity index (χ2v) is 14.3. The number of ether oxygens (including phenoxy) is 5. The maximum absolute atomic E-state index is 13.9. The Morgan fingerprint density at radius 1 is 0.966 bits per heavy atom. The maximum Gasteiger partial charge on any atom is 0.410 e. The lowest BCUT2D eigenvalue weighted by molar-refractivity contribution is -0.249. The number of Topliss-reactive ketones (excluding diaryl/α,β-unsaturated/α-hetero) is 1. The molecular formula is C39H42N2O17. The third-order valence-electron chi connectivity index (χ3n) is 10.6. The fraction of sp³-hybridized carbons (Fsp3) is 0.462. The van der Waals surface area contributed by atoms with E-state index in [1.54, 1.807) is 0 Å². The van der Waals surface area contributed by atoms with Crippen molar-refractivity contribution < 1.29 is 82.8 Å². The quantitative estimate of drug-likeness (QED) is 0.0431. The van der Waals surface area contributed by atoms with E-state index in [0.717, 1.165) is 4.90 Å². The van der Waals surface area contributed by atoms with Crippen molar-refractivity contribution in [3.05, 3.63) is 63.7 Å². The zero-order chi connectivity index (χ0) is 42.1. The summed E-state index contributed by atoms with van der Waals surface area (Å²) in [5.74, 6) is -5.75. The number of alkyl carbamates (subject to hydrolysis) is 1. The summed E-state index contributed by atoms with van der Waals surface area (Å²) in [6, 6.07) is 3.13. The van der Waals surface area contributed by atoms with Gasteiger partial charge >= 0.3 is 12.1 Å². The first-order valence-electron chi connectivity index (χ1n) is 18.4. The minimum atomic E-state index is -2.39. The lowest BCUT2D eigenvalue weighted by atomic mass is 9.72. The Kier molecular flexibility index (Phi) is 12.3. The molecule has 19 heteroatoms. The Hall–Kier alpha value is -5.73. The number of aliphatic hydroxyl groups excluding tert-OH is 2. The van der Waals surface area contributed by atoms with Gasteiger partial charge in [-0.05, 0) is 25.8 Å². The molecule has 2 aromatic carbocycles. The first-order valence-corrected chi connectivity index (χ1v) is 18.4. The lowest BCUT2D eigenvalue weighted by Gasteiger charge is -2.42. The third kappa shape index (κ3) is 8.03. The van der Waals surface area contributed by atoms with Gasteiger partial charge < -0.3 is 54.5 Å². The number of ketones is 3. The lowest BCUT2D eigenvalue weighted by Crippen LogP contribution is -2.56. The van der Waals surface area contributed by atoms with Crippen LogP contribution in [-0.4, -0.2) is 129 Å². The summed E-state index contributed by atoms with van der Waals surface area (Å²) in [7, 11) is 1.28. The fourth-order valence-electron chi connectivity index (χ4n) is 7.64. The van der Waals surface area contributed by atoms with Crippen LogP contribution in [0.4, 0.5) is 4.79 Å². The summed E-state index contributed by atoms with van der Waals surface area (Å²) < 4.78 is 27.2. The van der Waals surface area contributed by atoms with Gasteiger partial charge in [-0.15, -0.1) is 0 Å². The van der Waals surface area contributed by atoms with Crippen molar-refractivity contribution in [2.24, 2.45) is 0 Å². The number of esters is 1. The van der Waals surface area contributed by atoms with Gasteiger partial charge in [-0.2, -0.15) is 0 Å². The van der Waals surface area contributed by atoms with E-state index in [2.05, 4.69) is 5.32 Å². The Morgan fingerprint density at radius 2 is 1.67 bits per heavy atom. The highest BCUT2D eigenvalue weighted by molar-refractivity contribution is 6.31. The number of aliphatic hydroxyl groups is 3. The molecule has 0 bridgehead atoms. The maximum atomic E-state index is 13.9. The average Bonchev–Trinajstić information content (AvgIpc) is 3.51. The number of hydrogen-bond acceptors (Lipinski definition) is 17. The molecule has 0 saturated carbocycles. The summed E-state index contributed by atoms with van der Waals surface area (Å²) in [6.07, 6.45) is -4.17. The van der Waals surface area contributed by atoms with Gasteiger partial charge in [-0.3, -0.25) is 33.7 Å². The molecule has 6 rings (SSSR count). The molecule has 1 saturated heterocycles. The molecule has 19 nitrogen and oxygen atoms in total. The highest BCUT2D eigenvalue weighted by Crippen LogP contribution is 2.52. The topological polar surface area (TPSA) is 282 Å². The van der Waals surface area contributed by atoms with Gasteiger partial charge in [0.1, 0.15) is 35.6 Å². The molecule has 3 amide bonds. The van der Waals surface area contributed by atoms with E-state index < -0.39 is 126 Å². The fourth-order valence-corrected chi connectivity index (χ4v) is 7.64. The van der Waals surface area contributed by atoms with Gasteiger partial charge in [0.25, 0.3) is 11.8 Å². The predicted molar refractivity (Wildman–Crippen MR) is 192 cm³/mol. The standard InChI is InChI=1S/C39H42N2O17/c1-18-33(47)21(40-38(52)56-17-55-27(46)9-4-3-5-12-41-25(44)10-11-26(41)45)13-28(57-18)58-23-15-39(53,24(43)16-42)14-20-30(23)37(51)32-31(35(20)49)34(48)19-7-6-8-22(54-2)29(19)36(32)50/h6-8,10-11,18,21,23,28,33,42,47,49,51,53H,3-5,9,12-17H2,1-2H3,(H,40,52)/t18-,21-,23-,28-,33+,39-/m0/s1. The van der Waals surface area contributed by atoms with Crippen molar-refractivity contribution in [2.45, 2.75) is 88.1 Å². The van der Waals surface area contributed by atoms with Crippen LogP contribution in [0.25, 0.3) is 0 Å². The minimum Gasteiger partial charge on any atom is -0.507 e. The van der Waals surface area contributed by atoms with Crippen LogP contribution in [0.1, 0.15) is 94.5 Å². The zero-order valence-corrected chi connectivity index (χ0v) is 31.4. The molecule has 2 aliphatic heterocycles. The number of rotatable bonds is 14. The summed E-state index contributed by atoms with van der Waals surface area (Å²) in [4.78, 5) is 89.7. The average molecular weight is 811 g/mol.